The fraction of sp³-hybridized carbons (Fsp3) is 0.778. The van der Waals surface area contributed by atoms with Gasteiger partial charge in [-0.25, -0.2) is 9.67 Å². The van der Waals surface area contributed by atoms with E-state index < -0.39 is 0 Å². The first-order valence-corrected chi connectivity index (χ1v) is 4.81. The molecule has 0 aromatic carbocycles. The molecule has 1 rings (SSSR count). The topological polar surface area (TPSA) is 42.7 Å². The molecular weight excluding hydrogens is 164 g/mol. The molecule has 4 heteroatoms. The molecule has 1 N–H and O–H groups in total. The Morgan fingerprint density at radius 2 is 2.23 bits per heavy atom. The van der Waals surface area contributed by atoms with Crippen molar-refractivity contribution in [2.24, 2.45) is 0 Å². The van der Waals surface area contributed by atoms with Crippen LogP contribution in [0.15, 0.2) is 12.7 Å². The van der Waals surface area contributed by atoms with E-state index >= 15 is 0 Å². The van der Waals surface area contributed by atoms with Gasteiger partial charge < -0.3 is 5.32 Å². The number of hydrogen-bond donors (Lipinski definition) is 1. The number of nitrogens with zero attached hydrogens (tertiary/aromatic N) is 3. The van der Waals surface area contributed by atoms with E-state index in [-0.39, 0.29) is 0 Å². The summed E-state index contributed by atoms with van der Waals surface area (Å²) >= 11 is 0. The van der Waals surface area contributed by atoms with Crippen molar-refractivity contribution in [1.82, 2.24) is 20.1 Å². The molecule has 0 amide bonds. The van der Waals surface area contributed by atoms with Gasteiger partial charge in [0.25, 0.3) is 0 Å². The molecule has 74 valence electrons. The zero-order valence-electron chi connectivity index (χ0n) is 8.57. The van der Waals surface area contributed by atoms with Crippen molar-refractivity contribution in [3.8, 4) is 0 Å². The molecule has 0 bridgehead atoms. The standard InChI is InChI=1S/C9H18N4/c1-4-9(5-11-8(2)3)13-7-10-6-12-13/h6-9,11H,4-5H2,1-3H3. The van der Waals surface area contributed by atoms with Crippen LogP contribution in [0.3, 0.4) is 0 Å². The Morgan fingerprint density at radius 1 is 1.46 bits per heavy atom. The van der Waals surface area contributed by atoms with Crippen LogP contribution in [-0.4, -0.2) is 27.4 Å². The first kappa shape index (κ1) is 10.2. The average Bonchev–Trinajstić information content (AvgIpc) is 2.58. The zero-order chi connectivity index (χ0) is 9.68. The minimum atomic E-state index is 0.421. The van der Waals surface area contributed by atoms with E-state index in [4.69, 9.17) is 0 Å². The fourth-order valence-corrected chi connectivity index (χ4v) is 1.20. The maximum Gasteiger partial charge on any atom is 0.137 e. The zero-order valence-corrected chi connectivity index (χ0v) is 8.57. The maximum atomic E-state index is 4.13. The molecule has 0 spiro atoms. The molecule has 0 aliphatic heterocycles. The van der Waals surface area contributed by atoms with Gasteiger partial charge in [0.05, 0.1) is 6.04 Å². The number of rotatable bonds is 5. The van der Waals surface area contributed by atoms with Crippen molar-refractivity contribution < 1.29 is 0 Å². The molecular formula is C9H18N4. The summed E-state index contributed by atoms with van der Waals surface area (Å²) in [6, 6.07) is 0.947. The van der Waals surface area contributed by atoms with E-state index in [0.29, 0.717) is 12.1 Å². The molecule has 0 radical (unpaired) electrons. The molecule has 0 aliphatic rings. The second-order valence-electron chi connectivity index (χ2n) is 3.50. The van der Waals surface area contributed by atoms with E-state index in [1.54, 1.807) is 12.7 Å². The fourth-order valence-electron chi connectivity index (χ4n) is 1.20. The molecule has 1 aromatic heterocycles. The normalized spacial score (nSPS) is 13.5. The third-order valence-corrected chi connectivity index (χ3v) is 2.04. The van der Waals surface area contributed by atoms with Gasteiger partial charge in [0.15, 0.2) is 0 Å². The minimum Gasteiger partial charge on any atom is -0.312 e. The van der Waals surface area contributed by atoms with Crippen LogP contribution in [0.2, 0.25) is 0 Å². The van der Waals surface area contributed by atoms with Crippen LogP contribution < -0.4 is 5.32 Å². The highest BCUT2D eigenvalue weighted by Gasteiger charge is 2.08. The molecule has 0 fully saturated rings. The van der Waals surface area contributed by atoms with Gasteiger partial charge in [-0.05, 0) is 6.42 Å². The molecule has 0 saturated carbocycles. The van der Waals surface area contributed by atoms with E-state index in [1.165, 1.54) is 0 Å². The van der Waals surface area contributed by atoms with Gasteiger partial charge in [0.2, 0.25) is 0 Å². The van der Waals surface area contributed by atoms with Crippen LogP contribution in [0.1, 0.15) is 33.2 Å². The summed E-state index contributed by atoms with van der Waals surface area (Å²) in [5.74, 6) is 0. The molecule has 4 nitrogen and oxygen atoms in total. The van der Waals surface area contributed by atoms with Crippen molar-refractivity contribution >= 4 is 0 Å². The molecule has 1 unspecified atom stereocenters. The van der Waals surface area contributed by atoms with Crippen molar-refractivity contribution in [1.29, 1.82) is 0 Å². The molecule has 13 heavy (non-hydrogen) atoms. The second kappa shape index (κ2) is 4.97. The largest absolute Gasteiger partial charge is 0.312 e. The lowest BCUT2D eigenvalue weighted by Crippen LogP contribution is -2.30. The van der Waals surface area contributed by atoms with E-state index in [9.17, 15) is 0 Å². The summed E-state index contributed by atoms with van der Waals surface area (Å²) in [5, 5.41) is 7.53. The van der Waals surface area contributed by atoms with Gasteiger partial charge >= 0.3 is 0 Å². The highest BCUT2D eigenvalue weighted by molar-refractivity contribution is 4.70. The lowest BCUT2D eigenvalue weighted by atomic mass is 10.2. The molecule has 0 saturated heterocycles. The van der Waals surface area contributed by atoms with E-state index in [2.05, 4.69) is 36.2 Å². The van der Waals surface area contributed by atoms with Gasteiger partial charge in [-0.15, -0.1) is 0 Å². The average molecular weight is 182 g/mol. The van der Waals surface area contributed by atoms with Crippen molar-refractivity contribution in [2.45, 2.75) is 39.3 Å². The van der Waals surface area contributed by atoms with Gasteiger partial charge in [0.1, 0.15) is 12.7 Å². The highest BCUT2D eigenvalue weighted by Crippen LogP contribution is 2.06. The van der Waals surface area contributed by atoms with Crippen molar-refractivity contribution in [3.05, 3.63) is 12.7 Å². The van der Waals surface area contributed by atoms with Crippen LogP contribution in [0.25, 0.3) is 0 Å². The Balaban J connectivity index is 2.44. The van der Waals surface area contributed by atoms with Crippen molar-refractivity contribution in [3.63, 3.8) is 0 Å². The number of aromatic nitrogens is 3. The summed E-state index contributed by atoms with van der Waals surface area (Å²) in [6.07, 6.45) is 4.43. The SMILES string of the molecule is CCC(CNC(C)C)n1cncn1. The van der Waals surface area contributed by atoms with Crippen LogP contribution in [-0.2, 0) is 0 Å². The Kier molecular flexibility index (Phi) is 3.89. The Morgan fingerprint density at radius 3 is 2.69 bits per heavy atom. The summed E-state index contributed by atoms with van der Waals surface area (Å²) in [5.41, 5.74) is 0. The number of hydrogen-bond acceptors (Lipinski definition) is 3. The predicted octanol–water partition coefficient (Wildman–Crippen LogP) is 1.23. The lowest BCUT2D eigenvalue weighted by molar-refractivity contribution is 0.396. The minimum absolute atomic E-state index is 0.421. The smallest absolute Gasteiger partial charge is 0.137 e. The van der Waals surface area contributed by atoms with Gasteiger partial charge in [-0.2, -0.15) is 5.10 Å². The summed E-state index contributed by atoms with van der Waals surface area (Å²) in [7, 11) is 0. The quantitative estimate of drug-likeness (QED) is 0.744. The van der Waals surface area contributed by atoms with Gasteiger partial charge in [-0.3, -0.25) is 0 Å². The first-order valence-electron chi connectivity index (χ1n) is 4.81. The lowest BCUT2D eigenvalue weighted by Gasteiger charge is -2.17. The van der Waals surface area contributed by atoms with Crippen LogP contribution in [0, 0.1) is 0 Å². The molecule has 1 aromatic rings. The maximum absolute atomic E-state index is 4.13. The van der Waals surface area contributed by atoms with Crippen molar-refractivity contribution in [2.75, 3.05) is 6.54 Å². The van der Waals surface area contributed by atoms with Gasteiger partial charge in [-0.1, -0.05) is 20.8 Å². The van der Waals surface area contributed by atoms with Gasteiger partial charge in [0, 0.05) is 12.6 Å². The summed E-state index contributed by atoms with van der Waals surface area (Å²) < 4.78 is 1.91. The molecule has 1 atom stereocenters. The molecule has 1 heterocycles. The first-order chi connectivity index (χ1) is 6.24. The summed E-state index contributed by atoms with van der Waals surface area (Å²) in [6.45, 7) is 7.41. The van der Waals surface area contributed by atoms with E-state index in [1.807, 2.05) is 4.68 Å². The Labute approximate surface area is 79.4 Å². The van der Waals surface area contributed by atoms with Crippen LogP contribution >= 0.6 is 0 Å². The highest BCUT2D eigenvalue weighted by atomic mass is 15.3. The van der Waals surface area contributed by atoms with E-state index in [0.717, 1.165) is 13.0 Å². The predicted molar refractivity (Wildman–Crippen MR) is 52.5 cm³/mol. The Bertz CT molecular complexity index is 218. The van der Waals surface area contributed by atoms with Crippen LogP contribution in [0.5, 0.6) is 0 Å². The molecule has 0 aliphatic carbocycles. The third kappa shape index (κ3) is 3.14. The number of nitrogens with one attached hydrogen (secondary N) is 1. The summed E-state index contributed by atoms with van der Waals surface area (Å²) in [4.78, 5) is 3.94. The second-order valence-corrected chi connectivity index (χ2v) is 3.50. The Hall–Kier alpha value is -0.900. The monoisotopic (exact) mass is 182 g/mol. The third-order valence-electron chi connectivity index (χ3n) is 2.04. The van der Waals surface area contributed by atoms with Crippen LogP contribution in [0.4, 0.5) is 0 Å².